The van der Waals surface area contributed by atoms with E-state index in [0.717, 1.165) is 5.56 Å². The van der Waals surface area contributed by atoms with E-state index in [2.05, 4.69) is 29.6 Å². The van der Waals surface area contributed by atoms with Crippen molar-refractivity contribution in [3.63, 3.8) is 0 Å². The van der Waals surface area contributed by atoms with Crippen molar-refractivity contribution in [1.82, 2.24) is 30.8 Å². The van der Waals surface area contributed by atoms with E-state index in [1.54, 1.807) is 0 Å². The highest BCUT2D eigenvalue weighted by Crippen LogP contribution is 2.33. The Balaban J connectivity index is 1.55. The van der Waals surface area contributed by atoms with Crippen molar-refractivity contribution < 1.29 is 57.1 Å². The number of hydrogen-bond donors (Lipinski definition) is 7. The molecule has 264 valence electrons. The first-order valence-electron chi connectivity index (χ1n) is 15.0. The molecule has 7 N–H and O–H groups in total. The van der Waals surface area contributed by atoms with Crippen LogP contribution in [0, 0.1) is 5.92 Å². The summed E-state index contributed by atoms with van der Waals surface area (Å²) in [4.78, 5) is 84.3. The standard InChI is InChI=1S/C27H41BN6O12P2/c1-19(2)16-23(32-24(35)21(17-20-6-4-3-5-7-20)31-25(36)22-18-29-8-9-30-22)28-43-14-11-34(12-15-44-28)10-13-42-26(37)33-27(45-47(38)39)46-48(40)41/h3-9,18-19,21,23,27,38-41H,10-17H2,1-2H3,(H,31,36)(H,32,35)(H,33,37)/t21-,23-/m0/s1. The number of ether oxygens (including phenoxy) is 1. The van der Waals surface area contributed by atoms with Crippen LogP contribution in [-0.4, -0.2) is 117 Å². The fourth-order valence-corrected chi connectivity index (χ4v) is 5.20. The highest BCUT2D eigenvalue weighted by molar-refractivity contribution is 7.40. The van der Waals surface area contributed by atoms with Crippen molar-refractivity contribution in [2.75, 3.05) is 39.5 Å². The van der Waals surface area contributed by atoms with Crippen molar-refractivity contribution in [2.24, 2.45) is 5.92 Å². The zero-order valence-electron chi connectivity index (χ0n) is 26.5. The molecule has 1 aliphatic rings. The van der Waals surface area contributed by atoms with Crippen molar-refractivity contribution in [2.45, 2.75) is 45.1 Å². The highest BCUT2D eigenvalue weighted by atomic mass is 31.2. The maximum Gasteiger partial charge on any atom is 0.480 e. The summed E-state index contributed by atoms with van der Waals surface area (Å²) >= 11 is 0. The Hall–Kier alpha value is -2.93. The van der Waals surface area contributed by atoms with Gasteiger partial charge in [0.05, 0.1) is 12.1 Å². The van der Waals surface area contributed by atoms with E-state index in [4.69, 9.17) is 33.6 Å². The van der Waals surface area contributed by atoms with Crippen LogP contribution in [0.1, 0.15) is 36.3 Å². The predicted octanol–water partition coefficient (Wildman–Crippen LogP) is 0.191. The Morgan fingerprint density at radius 3 is 2.23 bits per heavy atom. The molecular weight excluding hydrogens is 673 g/mol. The molecule has 1 fully saturated rings. The zero-order chi connectivity index (χ0) is 34.9. The molecule has 2 atom stereocenters. The molecule has 1 aromatic heterocycles. The summed E-state index contributed by atoms with van der Waals surface area (Å²) in [5.74, 6) is -1.29. The van der Waals surface area contributed by atoms with Gasteiger partial charge >= 0.3 is 30.4 Å². The van der Waals surface area contributed by atoms with E-state index < -0.39 is 60.6 Å². The van der Waals surface area contributed by atoms with Crippen molar-refractivity contribution in [3.05, 3.63) is 60.2 Å². The third-order valence-electron chi connectivity index (χ3n) is 6.72. The smallest absolute Gasteiger partial charge is 0.448 e. The first kappa shape index (κ1) is 39.5. The molecule has 2 heterocycles. The Labute approximate surface area is 280 Å². The van der Waals surface area contributed by atoms with Crippen LogP contribution in [0.2, 0.25) is 0 Å². The van der Waals surface area contributed by atoms with Gasteiger partial charge in [-0.2, -0.15) is 0 Å². The van der Waals surface area contributed by atoms with E-state index in [0.29, 0.717) is 19.5 Å². The predicted molar refractivity (Wildman–Crippen MR) is 172 cm³/mol. The molecule has 0 radical (unpaired) electrons. The molecule has 1 saturated heterocycles. The van der Waals surface area contributed by atoms with Crippen molar-refractivity contribution in [3.8, 4) is 0 Å². The molecule has 18 nitrogen and oxygen atoms in total. The number of carbonyl (C=O) groups excluding carboxylic acids is 3. The van der Waals surface area contributed by atoms with E-state index in [1.165, 1.54) is 18.6 Å². The highest BCUT2D eigenvalue weighted by Gasteiger charge is 2.36. The SMILES string of the molecule is CC(C)C[C@H](NC(=O)[C@H](Cc1ccccc1)NC(=O)c1cnccn1)B1OCCN(CCOC(=O)NC(OP(O)O)OP(O)O)CCO1. The first-order valence-corrected chi connectivity index (χ1v) is 17.3. The summed E-state index contributed by atoms with van der Waals surface area (Å²) in [5.41, 5.74) is 0.939. The Morgan fingerprint density at radius 1 is 0.979 bits per heavy atom. The van der Waals surface area contributed by atoms with Gasteiger partial charge in [-0.3, -0.25) is 33.8 Å². The molecule has 2 aromatic rings. The number of rotatable bonds is 17. The average molecular weight is 714 g/mol. The minimum atomic E-state index is -2.96. The lowest BCUT2D eigenvalue weighted by Crippen LogP contribution is -2.57. The molecule has 21 heteroatoms. The van der Waals surface area contributed by atoms with Gasteiger partial charge in [0.25, 0.3) is 12.3 Å². The summed E-state index contributed by atoms with van der Waals surface area (Å²) in [6.07, 6.45) is 2.05. The molecule has 0 aliphatic carbocycles. The molecule has 1 aliphatic heterocycles. The number of hydrogen-bond acceptors (Lipinski definition) is 15. The second-order valence-corrected chi connectivity index (χ2v) is 12.3. The molecule has 48 heavy (non-hydrogen) atoms. The number of alkyl carbamates (subject to hydrolysis) is 1. The van der Waals surface area contributed by atoms with Gasteiger partial charge in [0.1, 0.15) is 18.3 Å². The summed E-state index contributed by atoms with van der Waals surface area (Å²) in [5, 5.41) is 7.81. The van der Waals surface area contributed by atoms with Gasteiger partial charge in [-0.05, 0) is 17.9 Å². The van der Waals surface area contributed by atoms with Crippen LogP contribution in [0.25, 0.3) is 0 Å². The van der Waals surface area contributed by atoms with Crippen LogP contribution in [0.15, 0.2) is 48.9 Å². The Kier molecular flexibility index (Phi) is 17.5. The van der Waals surface area contributed by atoms with Crippen LogP contribution < -0.4 is 16.0 Å². The van der Waals surface area contributed by atoms with E-state index in [-0.39, 0.29) is 44.4 Å². The first-order chi connectivity index (χ1) is 23.0. The second-order valence-electron chi connectivity index (χ2n) is 10.8. The monoisotopic (exact) mass is 714 g/mol. The molecule has 0 saturated carbocycles. The lowest BCUT2D eigenvalue weighted by atomic mass is 9.73. The quantitative estimate of drug-likeness (QED) is 0.0657. The zero-order valence-corrected chi connectivity index (χ0v) is 28.2. The van der Waals surface area contributed by atoms with Crippen LogP contribution in [0.3, 0.4) is 0 Å². The van der Waals surface area contributed by atoms with E-state index in [1.807, 2.05) is 54.4 Å². The molecule has 3 rings (SSSR count). The van der Waals surface area contributed by atoms with Gasteiger partial charge in [-0.15, -0.1) is 0 Å². The topological polar surface area (TPSA) is 243 Å². The molecule has 0 bridgehead atoms. The number of amides is 3. The maximum atomic E-state index is 13.7. The van der Waals surface area contributed by atoms with Crippen molar-refractivity contribution in [1.29, 1.82) is 0 Å². The number of aromatic nitrogens is 2. The van der Waals surface area contributed by atoms with Crippen LogP contribution in [0.4, 0.5) is 4.79 Å². The van der Waals surface area contributed by atoms with Crippen LogP contribution in [-0.2, 0) is 34.3 Å². The second kappa shape index (κ2) is 21.2. The lowest BCUT2D eigenvalue weighted by Gasteiger charge is -2.32. The third-order valence-corrected chi connectivity index (χ3v) is 7.48. The van der Waals surface area contributed by atoms with Gasteiger partial charge in [0, 0.05) is 51.7 Å². The number of nitrogens with zero attached hydrogens (tertiary/aromatic N) is 3. The van der Waals surface area contributed by atoms with Crippen LogP contribution >= 0.6 is 17.2 Å². The largest absolute Gasteiger partial charge is 0.480 e. The molecular formula is C27H41BN6O12P2. The van der Waals surface area contributed by atoms with Gasteiger partial charge in [-0.1, -0.05) is 44.2 Å². The van der Waals surface area contributed by atoms with Gasteiger partial charge in [0.2, 0.25) is 5.91 Å². The van der Waals surface area contributed by atoms with Gasteiger partial charge in [0.15, 0.2) is 0 Å². The van der Waals surface area contributed by atoms with Gasteiger partial charge < -0.3 is 44.3 Å². The third kappa shape index (κ3) is 15.1. The minimum Gasteiger partial charge on any atom is -0.448 e. The average Bonchev–Trinajstić information content (AvgIpc) is 3.01. The van der Waals surface area contributed by atoms with E-state index in [9.17, 15) is 14.4 Å². The number of carbonyl (C=O) groups is 3. The Morgan fingerprint density at radius 2 is 1.65 bits per heavy atom. The molecule has 0 spiro atoms. The minimum absolute atomic E-state index is 0.0843. The normalized spacial score (nSPS) is 15.6. The van der Waals surface area contributed by atoms with Gasteiger partial charge in [-0.25, -0.2) is 9.78 Å². The summed E-state index contributed by atoms with van der Waals surface area (Å²) < 4.78 is 26.1. The lowest BCUT2D eigenvalue weighted by molar-refractivity contribution is -0.123. The molecule has 3 amide bonds. The van der Waals surface area contributed by atoms with E-state index >= 15 is 0 Å². The fraction of sp³-hybridized carbons (Fsp3) is 0.519. The number of nitrogens with one attached hydrogen (secondary N) is 3. The fourth-order valence-electron chi connectivity index (χ4n) is 4.60. The summed E-state index contributed by atoms with van der Waals surface area (Å²) in [6.45, 7) is 5.59. The van der Waals surface area contributed by atoms with Crippen molar-refractivity contribution >= 4 is 42.2 Å². The molecule has 0 unspecified atom stereocenters. The summed E-state index contributed by atoms with van der Waals surface area (Å²) in [6, 6.07) is 8.40. The summed E-state index contributed by atoms with van der Waals surface area (Å²) in [7, 11) is -6.69. The maximum absolute atomic E-state index is 13.7. The number of benzene rings is 1. The Bertz CT molecular complexity index is 1240. The van der Waals surface area contributed by atoms with Crippen LogP contribution in [0.5, 0.6) is 0 Å². The molecule has 1 aromatic carbocycles.